The van der Waals surface area contributed by atoms with Crippen LogP contribution in [0, 0.1) is 0 Å². The van der Waals surface area contributed by atoms with Gasteiger partial charge in [0.05, 0.1) is 0 Å². The lowest BCUT2D eigenvalue weighted by Crippen LogP contribution is -1.94. The zero-order chi connectivity index (χ0) is 9.97. The van der Waals surface area contributed by atoms with E-state index >= 15 is 0 Å². The van der Waals surface area contributed by atoms with E-state index in [0.717, 1.165) is 6.42 Å². The molecule has 1 unspecified atom stereocenters. The van der Waals surface area contributed by atoms with Gasteiger partial charge in [0.2, 0.25) is 0 Å². The van der Waals surface area contributed by atoms with Gasteiger partial charge >= 0.3 is 0 Å². The van der Waals surface area contributed by atoms with E-state index in [1.165, 1.54) is 16.7 Å². The monoisotopic (exact) mass is 184 g/mol. The second-order valence-electron chi connectivity index (χ2n) is 3.82. The van der Waals surface area contributed by atoms with E-state index in [1.807, 2.05) is 0 Å². The number of fused-ring (bicyclic) bond motifs is 1. The lowest BCUT2D eigenvalue weighted by atomic mass is 9.93. The quantitative estimate of drug-likeness (QED) is 0.605. The van der Waals surface area contributed by atoms with Gasteiger partial charge < -0.3 is 0 Å². The molecule has 1 aromatic rings. The molecule has 0 aliphatic heterocycles. The summed E-state index contributed by atoms with van der Waals surface area (Å²) in [5.74, 6) is 0.520. The van der Waals surface area contributed by atoms with Gasteiger partial charge in [0.25, 0.3) is 0 Å². The number of hydrogen-bond acceptors (Lipinski definition) is 0. The Labute approximate surface area is 86.0 Å². The molecule has 14 heavy (non-hydrogen) atoms. The summed E-state index contributed by atoms with van der Waals surface area (Å²) in [5, 5.41) is 0. The molecule has 0 bridgehead atoms. The zero-order valence-electron chi connectivity index (χ0n) is 8.83. The van der Waals surface area contributed by atoms with E-state index in [9.17, 15) is 0 Å². The molecule has 1 atom stereocenters. The predicted molar refractivity (Wildman–Crippen MR) is 62.3 cm³/mol. The minimum Gasteiger partial charge on any atom is -0.0850 e. The van der Waals surface area contributed by atoms with Crippen molar-refractivity contribution in [1.29, 1.82) is 0 Å². The Kier molecular flexibility index (Phi) is 2.53. The molecule has 0 heterocycles. The summed E-state index contributed by atoms with van der Waals surface area (Å²) < 4.78 is 0. The highest BCUT2D eigenvalue weighted by Crippen LogP contribution is 2.34. The average Bonchev–Trinajstić information content (AvgIpc) is 2.61. The maximum atomic E-state index is 2.32. The van der Waals surface area contributed by atoms with Gasteiger partial charge in [-0.25, -0.2) is 0 Å². The Bertz CT molecular complexity index is 383. The fourth-order valence-corrected chi connectivity index (χ4v) is 2.10. The molecule has 0 saturated carbocycles. The first-order valence-electron chi connectivity index (χ1n) is 5.26. The van der Waals surface area contributed by atoms with E-state index in [-0.39, 0.29) is 0 Å². The summed E-state index contributed by atoms with van der Waals surface area (Å²) in [6.45, 7) is 4.41. The molecule has 0 nitrogen and oxygen atoms in total. The molecule has 0 aromatic heterocycles. The van der Waals surface area contributed by atoms with Crippen molar-refractivity contribution in [3.05, 3.63) is 53.1 Å². The summed E-state index contributed by atoms with van der Waals surface area (Å²) in [5.41, 5.74) is 4.30. The van der Waals surface area contributed by atoms with Crippen molar-refractivity contribution < 1.29 is 0 Å². The molecule has 0 radical (unpaired) electrons. The third-order valence-corrected chi connectivity index (χ3v) is 2.82. The van der Waals surface area contributed by atoms with Gasteiger partial charge in [-0.05, 0) is 24.5 Å². The molecule has 0 N–H and O–H groups in total. The van der Waals surface area contributed by atoms with E-state index < -0.39 is 0 Å². The van der Waals surface area contributed by atoms with Gasteiger partial charge in [0.1, 0.15) is 0 Å². The van der Waals surface area contributed by atoms with Crippen molar-refractivity contribution in [3.63, 3.8) is 0 Å². The number of rotatable bonds is 2. The molecule has 2 rings (SSSR count). The lowest BCUT2D eigenvalue weighted by Gasteiger charge is -2.11. The highest BCUT2D eigenvalue weighted by atomic mass is 14.2. The Balaban J connectivity index is 2.35. The van der Waals surface area contributed by atoms with Gasteiger partial charge in [0, 0.05) is 5.92 Å². The van der Waals surface area contributed by atoms with Gasteiger partial charge in [-0.3, -0.25) is 0 Å². The van der Waals surface area contributed by atoms with E-state index in [4.69, 9.17) is 0 Å². The van der Waals surface area contributed by atoms with Crippen LogP contribution < -0.4 is 0 Å². The van der Waals surface area contributed by atoms with Crippen molar-refractivity contribution in [3.8, 4) is 0 Å². The maximum Gasteiger partial charge on any atom is 0.0234 e. The van der Waals surface area contributed by atoms with E-state index in [1.54, 1.807) is 0 Å². The standard InChI is InChI=1S/C14H16/c1-3-6-11(2)13-10-9-12-7-4-5-8-14(12)13/h4-10,13H,3H2,1-2H3. The lowest BCUT2D eigenvalue weighted by molar-refractivity contribution is 0.987. The van der Waals surface area contributed by atoms with Crippen LogP contribution in [0.2, 0.25) is 0 Å². The SMILES string of the molecule is CCC=C(C)C1C=Cc2ccccc21. The molecule has 0 saturated heterocycles. The Morgan fingerprint density at radius 1 is 1.36 bits per heavy atom. The van der Waals surface area contributed by atoms with Crippen LogP contribution in [0.1, 0.15) is 37.3 Å². The van der Waals surface area contributed by atoms with Gasteiger partial charge in [-0.15, -0.1) is 0 Å². The van der Waals surface area contributed by atoms with E-state index in [2.05, 4.69) is 56.3 Å². The minimum atomic E-state index is 0.520. The number of hydrogen-bond donors (Lipinski definition) is 0. The molecule has 0 spiro atoms. The number of benzene rings is 1. The van der Waals surface area contributed by atoms with Gasteiger partial charge in [-0.2, -0.15) is 0 Å². The van der Waals surface area contributed by atoms with Crippen molar-refractivity contribution in [2.45, 2.75) is 26.2 Å². The van der Waals surface area contributed by atoms with Crippen molar-refractivity contribution in [2.24, 2.45) is 0 Å². The highest BCUT2D eigenvalue weighted by Gasteiger charge is 2.17. The van der Waals surface area contributed by atoms with Crippen LogP contribution >= 0.6 is 0 Å². The first kappa shape index (κ1) is 9.26. The van der Waals surface area contributed by atoms with Crippen LogP contribution in [0.3, 0.4) is 0 Å². The summed E-state index contributed by atoms with van der Waals surface area (Å²) in [7, 11) is 0. The molecule has 1 aliphatic carbocycles. The zero-order valence-corrected chi connectivity index (χ0v) is 8.83. The minimum absolute atomic E-state index is 0.520. The number of allylic oxidation sites excluding steroid dienone is 3. The fourth-order valence-electron chi connectivity index (χ4n) is 2.10. The molecule has 1 aliphatic rings. The Morgan fingerprint density at radius 3 is 2.93 bits per heavy atom. The van der Waals surface area contributed by atoms with Gasteiger partial charge in [0.15, 0.2) is 0 Å². The average molecular weight is 184 g/mol. The second-order valence-corrected chi connectivity index (χ2v) is 3.82. The molecular weight excluding hydrogens is 168 g/mol. The highest BCUT2D eigenvalue weighted by molar-refractivity contribution is 5.64. The van der Waals surface area contributed by atoms with Crippen LogP contribution in [0.15, 0.2) is 42.0 Å². The van der Waals surface area contributed by atoms with Crippen LogP contribution in [-0.4, -0.2) is 0 Å². The summed E-state index contributed by atoms with van der Waals surface area (Å²) in [4.78, 5) is 0. The Hall–Kier alpha value is -1.30. The molecule has 1 aromatic carbocycles. The molecule has 0 heteroatoms. The largest absolute Gasteiger partial charge is 0.0850 e. The summed E-state index contributed by atoms with van der Waals surface area (Å²) >= 11 is 0. The third kappa shape index (κ3) is 1.52. The molecule has 72 valence electrons. The first-order valence-corrected chi connectivity index (χ1v) is 5.26. The summed E-state index contributed by atoms with van der Waals surface area (Å²) in [6, 6.07) is 8.64. The third-order valence-electron chi connectivity index (χ3n) is 2.82. The maximum absolute atomic E-state index is 2.32. The van der Waals surface area contributed by atoms with Crippen LogP contribution in [-0.2, 0) is 0 Å². The summed E-state index contributed by atoms with van der Waals surface area (Å²) in [6.07, 6.45) is 7.97. The predicted octanol–water partition coefficient (Wildman–Crippen LogP) is 4.15. The smallest absolute Gasteiger partial charge is 0.0234 e. The topological polar surface area (TPSA) is 0 Å². The van der Waals surface area contributed by atoms with Crippen LogP contribution in [0.4, 0.5) is 0 Å². The Morgan fingerprint density at radius 2 is 2.14 bits per heavy atom. The molecule has 0 amide bonds. The van der Waals surface area contributed by atoms with Crippen molar-refractivity contribution in [2.75, 3.05) is 0 Å². The normalized spacial score (nSPS) is 19.9. The molecular formula is C14H16. The van der Waals surface area contributed by atoms with Crippen molar-refractivity contribution >= 4 is 6.08 Å². The van der Waals surface area contributed by atoms with E-state index in [0.29, 0.717) is 5.92 Å². The fraction of sp³-hybridized carbons (Fsp3) is 0.286. The molecule has 0 fully saturated rings. The van der Waals surface area contributed by atoms with Crippen LogP contribution in [0.5, 0.6) is 0 Å². The van der Waals surface area contributed by atoms with Crippen molar-refractivity contribution in [1.82, 2.24) is 0 Å². The second kappa shape index (κ2) is 3.83. The van der Waals surface area contributed by atoms with Crippen LogP contribution in [0.25, 0.3) is 6.08 Å². The van der Waals surface area contributed by atoms with Gasteiger partial charge in [-0.1, -0.05) is 55.0 Å². The first-order chi connectivity index (χ1) is 6.83.